The smallest absolute Gasteiger partial charge is 0.270 e. The van der Waals surface area contributed by atoms with Gasteiger partial charge < -0.3 is 0 Å². The Morgan fingerprint density at radius 2 is 1.70 bits per heavy atom. The summed E-state index contributed by atoms with van der Waals surface area (Å²) in [6, 6.07) is 8.37. The Labute approximate surface area is 114 Å². The first-order valence-corrected chi connectivity index (χ1v) is 5.79. The van der Waals surface area contributed by atoms with E-state index in [1.807, 2.05) is 0 Å². The van der Waals surface area contributed by atoms with Gasteiger partial charge in [-0.15, -0.1) is 0 Å². The third kappa shape index (κ3) is 3.11. The van der Waals surface area contributed by atoms with Gasteiger partial charge in [0.15, 0.2) is 11.6 Å². The number of Topliss-reactive ketones (excluding diaryl/α,β-unsaturated/α-hetero) is 2. The number of nitro benzene ring substituents is 1. The average Bonchev–Trinajstić information content (AvgIpc) is 2.48. The van der Waals surface area contributed by atoms with Crippen molar-refractivity contribution in [2.45, 2.75) is 6.42 Å². The number of carbonyl (C=O) groups is 2. The summed E-state index contributed by atoms with van der Waals surface area (Å²) in [5, 5.41) is 10.6. The molecule has 6 heteroatoms. The number of pyridine rings is 1. The summed E-state index contributed by atoms with van der Waals surface area (Å²) < 4.78 is 0. The summed E-state index contributed by atoms with van der Waals surface area (Å²) >= 11 is 0. The first-order valence-electron chi connectivity index (χ1n) is 5.79. The lowest BCUT2D eigenvalue weighted by Crippen LogP contribution is -2.09. The standard InChI is InChI=1S/C14H10N2O4/c17-13(10-4-6-15-7-5-10)9-14(18)11-2-1-3-12(8-11)16(19)20/h1-8H,9H2. The Morgan fingerprint density at radius 1 is 1.05 bits per heavy atom. The summed E-state index contributed by atoms with van der Waals surface area (Å²) in [6.45, 7) is 0. The number of hydrogen-bond acceptors (Lipinski definition) is 5. The molecule has 100 valence electrons. The van der Waals surface area contributed by atoms with E-state index in [4.69, 9.17) is 0 Å². The maximum absolute atomic E-state index is 11.9. The summed E-state index contributed by atoms with van der Waals surface area (Å²) in [5.74, 6) is -0.792. The Bertz CT molecular complexity index is 668. The highest BCUT2D eigenvalue weighted by Gasteiger charge is 2.16. The Balaban J connectivity index is 2.15. The molecule has 0 N–H and O–H groups in total. The zero-order chi connectivity index (χ0) is 14.5. The normalized spacial score (nSPS) is 10.0. The van der Waals surface area contributed by atoms with E-state index in [-0.39, 0.29) is 23.5 Å². The number of benzene rings is 1. The van der Waals surface area contributed by atoms with E-state index in [9.17, 15) is 19.7 Å². The molecule has 0 aliphatic rings. The molecule has 0 aliphatic carbocycles. The lowest BCUT2D eigenvalue weighted by Gasteiger charge is -2.01. The van der Waals surface area contributed by atoms with Crippen molar-refractivity contribution in [1.82, 2.24) is 4.98 Å². The molecular formula is C14H10N2O4. The van der Waals surface area contributed by atoms with Gasteiger partial charge in [0.2, 0.25) is 0 Å². The van der Waals surface area contributed by atoms with Crippen molar-refractivity contribution in [3.8, 4) is 0 Å². The quantitative estimate of drug-likeness (QED) is 0.360. The number of ketones is 2. The van der Waals surface area contributed by atoms with Crippen LogP contribution in [0.1, 0.15) is 27.1 Å². The molecule has 0 saturated heterocycles. The van der Waals surface area contributed by atoms with Crippen molar-refractivity contribution in [2.75, 3.05) is 0 Å². The molecule has 0 amide bonds. The largest absolute Gasteiger partial charge is 0.294 e. The molecule has 0 radical (unpaired) electrons. The van der Waals surface area contributed by atoms with Gasteiger partial charge in [-0.2, -0.15) is 0 Å². The van der Waals surface area contributed by atoms with E-state index in [0.717, 1.165) is 0 Å². The summed E-state index contributed by atoms with van der Waals surface area (Å²) in [5.41, 5.74) is 0.368. The Morgan fingerprint density at radius 3 is 2.35 bits per heavy atom. The van der Waals surface area contributed by atoms with Gasteiger partial charge in [-0.3, -0.25) is 24.7 Å². The highest BCUT2D eigenvalue weighted by Crippen LogP contribution is 2.15. The molecule has 0 atom stereocenters. The van der Waals surface area contributed by atoms with E-state index < -0.39 is 10.7 Å². The SMILES string of the molecule is O=C(CC(=O)c1cccc([N+](=O)[O-])c1)c1ccncc1. The number of nitro groups is 1. The number of rotatable bonds is 5. The zero-order valence-electron chi connectivity index (χ0n) is 10.4. The van der Waals surface area contributed by atoms with Crippen LogP contribution in [0, 0.1) is 10.1 Å². The fraction of sp³-hybridized carbons (Fsp3) is 0.0714. The molecule has 0 fully saturated rings. The minimum atomic E-state index is -0.582. The molecule has 1 aromatic carbocycles. The van der Waals surface area contributed by atoms with Gasteiger partial charge in [0.1, 0.15) is 0 Å². The molecule has 0 spiro atoms. The molecule has 1 heterocycles. The number of carbonyl (C=O) groups excluding carboxylic acids is 2. The molecule has 2 aromatic rings. The van der Waals surface area contributed by atoms with Crippen LogP contribution in [-0.2, 0) is 0 Å². The number of non-ortho nitro benzene ring substituents is 1. The maximum atomic E-state index is 11.9. The lowest BCUT2D eigenvalue weighted by molar-refractivity contribution is -0.384. The van der Waals surface area contributed by atoms with Crippen molar-refractivity contribution in [3.05, 3.63) is 70.0 Å². The third-order valence-electron chi connectivity index (χ3n) is 2.70. The van der Waals surface area contributed by atoms with Crippen molar-refractivity contribution in [1.29, 1.82) is 0 Å². The van der Waals surface area contributed by atoms with E-state index in [1.54, 1.807) is 0 Å². The molecule has 0 aliphatic heterocycles. The molecule has 1 aromatic heterocycles. The van der Waals surface area contributed by atoms with Gasteiger partial charge in [0, 0.05) is 35.7 Å². The van der Waals surface area contributed by atoms with E-state index in [1.165, 1.54) is 48.8 Å². The van der Waals surface area contributed by atoms with E-state index in [2.05, 4.69) is 4.98 Å². The lowest BCUT2D eigenvalue weighted by atomic mass is 10.0. The minimum Gasteiger partial charge on any atom is -0.294 e. The van der Waals surface area contributed by atoms with Gasteiger partial charge in [-0.05, 0) is 12.1 Å². The first kappa shape index (κ1) is 13.5. The zero-order valence-corrected chi connectivity index (χ0v) is 10.4. The minimum absolute atomic E-state index is 0.154. The average molecular weight is 270 g/mol. The van der Waals surface area contributed by atoms with Gasteiger partial charge in [-0.1, -0.05) is 12.1 Å². The fourth-order valence-corrected chi connectivity index (χ4v) is 1.68. The molecular weight excluding hydrogens is 260 g/mol. The molecule has 2 rings (SSSR count). The van der Waals surface area contributed by atoms with Gasteiger partial charge in [0.25, 0.3) is 5.69 Å². The second kappa shape index (κ2) is 5.83. The topological polar surface area (TPSA) is 90.2 Å². The van der Waals surface area contributed by atoms with Gasteiger partial charge >= 0.3 is 0 Å². The van der Waals surface area contributed by atoms with Crippen LogP contribution in [0.2, 0.25) is 0 Å². The monoisotopic (exact) mass is 270 g/mol. The summed E-state index contributed by atoms with van der Waals surface area (Å²) in [7, 11) is 0. The van der Waals surface area contributed by atoms with Crippen molar-refractivity contribution >= 4 is 17.3 Å². The second-order valence-electron chi connectivity index (χ2n) is 4.07. The Kier molecular flexibility index (Phi) is 3.95. The van der Waals surface area contributed by atoms with Crippen LogP contribution >= 0.6 is 0 Å². The van der Waals surface area contributed by atoms with Crippen LogP contribution in [0.4, 0.5) is 5.69 Å². The highest BCUT2D eigenvalue weighted by molar-refractivity contribution is 6.13. The summed E-state index contributed by atoms with van der Waals surface area (Å²) in [6.07, 6.45) is 2.60. The van der Waals surface area contributed by atoms with Crippen molar-refractivity contribution in [2.24, 2.45) is 0 Å². The molecule has 20 heavy (non-hydrogen) atoms. The Hall–Kier alpha value is -2.89. The molecule has 0 unspecified atom stereocenters. The van der Waals surface area contributed by atoms with E-state index in [0.29, 0.717) is 5.56 Å². The highest BCUT2D eigenvalue weighted by atomic mass is 16.6. The predicted molar refractivity (Wildman–Crippen MR) is 70.6 cm³/mol. The summed E-state index contributed by atoms with van der Waals surface area (Å²) in [4.78, 5) is 37.7. The van der Waals surface area contributed by atoms with Crippen LogP contribution in [-0.4, -0.2) is 21.5 Å². The fourth-order valence-electron chi connectivity index (χ4n) is 1.68. The van der Waals surface area contributed by atoms with Gasteiger partial charge in [-0.25, -0.2) is 0 Å². The van der Waals surface area contributed by atoms with Crippen LogP contribution in [0.15, 0.2) is 48.8 Å². The van der Waals surface area contributed by atoms with Gasteiger partial charge in [0.05, 0.1) is 11.3 Å². The van der Waals surface area contributed by atoms with Crippen LogP contribution < -0.4 is 0 Å². The number of aromatic nitrogens is 1. The number of hydrogen-bond donors (Lipinski definition) is 0. The molecule has 0 saturated carbocycles. The second-order valence-corrected chi connectivity index (χ2v) is 4.07. The van der Waals surface area contributed by atoms with Crippen LogP contribution in [0.5, 0.6) is 0 Å². The molecule has 6 nitrogen and oxygen atoms in total. The number of nitrogens with zero attached hydrogens (tertiary/aromatic N) is 2. The predicted octanol–water partition coefficient (Wildman–Crippen LogP) is 2.45. The third-order valence-corrected chi connectivity index (χ3v) is 2.70. The first-order chi connectivity index (χ1) is 9.58. The van der Waals surface area contributed by atoms with Crippen LogP contribution in [0.3, 0.4) is 0 Å². The maximum Gasteiger partial charge on any atom is 0.270 e. The van der Waals surface area contributed by atoms with Crippen LogP contribution in [0.25, 0.3) is 0 Å². The van der Waals surface area contributed by atoms with Crippen molar-refractivity contribution < 1.29 is 14.5 Å². The van der Waals surface area contributed by atoms with Crippen molar-refractivity contribution in [3.63, 3.8) is 0 Å². The van der Waals surface area contributed by atoms with E-state index >= 15 is 0 Å². The molecule has 0 bridgehead atoms.